The molecule has 100 valence electrons. The van der Waals surface area contributed by atoms with Crippen LogP contribution in [-0.2, 0) is 0 Å². The molecule has 0 bridgehead atoms. The standard InChI is InChI=1S/C16H30O/c1-11-5-4-6-14(9-11)16(17)15-8-7-12(2)13(3)10-15/h11-17H,4-10H2,1-3H3. The van der Waals surface area contributed by atoms with Crippen LogP contribution in [0.3, 0.4) is 0 Å². The van der Waals surface area contributed by atoms with Crippen molar-refractivity contribution in [1.82, 2.24) is 0 Å². The molecular weight excluding hydrogens is 208 g/mol. The van der Waals surface area contributed by atoms with E-state index in [2.05, 4.69) is 20.8 Å². The monoisotopic (exact) mass is 238 g/mol. The Balaban J connectivity index is 1.88. The van der Waals surface area contributed by atoms with Gasteiger partial charge >= 0.3 is 0 Å². The van der Waals surface area contributed by atoms with Crippen molar-refractivity contribution in [3.63, 3.8) is 0 Å². The molecule has 0 spiro atoms. The largest absolute Gasteiger partial charge is 0.393 e. The van der Waals surface area contributed by atoms with Gasteiger partial charge in [-0.25, -0.2) is 0 Å². The Morgan fingerprint density at radius 2 is 1.53 bits per heavy atom. The molecule has 0 aliphatic heterocycles. The number of hydrogen-bond donors (Lipinski definition) is 1. The Labute approximate surface area is 107 Å². The third-order valence-corrected chi connectivity index (χ3v) is 5.58. The molecule has 17 heavy (non-hydrogen) atoms. The van der Waals surface area contributed by atoms with Gasteiger partial charge in [-0.2, -0.15) is 0 Å². The SMILES string of the molecule is CC1CCCC(C(O)C2CCC(C)C(C)C2)C1. The molecule has 1 N–H and O–H groups in total. The number of rotatable bonds is 2. The third-order valence-electron chi connectivity index (χ3n) is 5.58. The van der Waals surface area contributed by atoms with Crippen molar-refractivity contribution in [1.29, 1.82) is 0 Å². The highest BCUT2D eigenvalue weighted by molar-refractivity contribution is 4.85. The first-order chi connectivity index (χ1) is 8.08. The van der Waals surface area contributed by atoms with Crippen LogP contribution in [0.15, 0.2) is 0 Å². The molecule has 0 heterocycles. The second kappa shape index (κ2) is 5.73. The average Bonchev–Trinajstić information content (AvgIpc) is 2.32. The first-order valence-corrected chi connectivity index (χ1v) is 7.76. The van der Waals surface area contributed by atoms with Crippen LogP contribution in [-0.4, -0.2) is 11.2 Å². The highest BCUT2D eigenvalue weighted by Gasteiger charge is 2.34. The van der Waals surface area contributed by atoms with Crippen molar-refractivity contribution in [3.05, 3.63) is 0 Å². The minimum atomic E-state index is -0.00676. The summed E-state index contributed by atoms with van der Waals surface area (Å²) < 4.78 is 0. The number of aliphatic hydroxyl groups excluding tert-OH is 1. The molecule has 1 heteroatoms. The van der Waals surface area contributed by atoms with E-state index in [0.29, 0.717) is 11.8 Å². The van der Waals surface area contributed by atoms with Gasteiger partial charge in [-0.15, -0.1) is 0 Å². The van der Waals surface area contributed by atoms with E-state index in [-0.39, 0.29) is 6.10 Å². The second-order valence-corrected chi connectivity index (χ2v) is 7.05. The van der Waals surface area contributed by atoms with Crippen LogP contribution in [0.4, 0.5) is 0 Å². The van der Waals surface area contributed by atoms with Crippen molar-refractivity contribution < 1.29 is 5.11 Å². The summed E-state index contributed by atoms with van der Waals surface area (Å²) in [7, 11) is 0. The van der Waals surface area contributed by atoms with Crippen LogP contribution in [0.25, 0.3) is 0 Å². The lowest BCUT2D eigenvalue weighted by atomic mass is 9.69. The molecule has 2 aliphatic carbocycles. The number of hydrogen-bond acceptors (Lipinski definition) is 1. The topological polar surface area (TPSA) is 20.2 Å². The van der Waals surface area contributed by atoms with E-state index in [9.17, 15) is 5.11 Å². The second-order valence-electron chi connectivity index (χ2n) is 7.05. The zero-order valence-corrected chi connectivity index (χ0v) is 11.9. The average molecular weight is 238 g/mol. The lowest BCUT2D eigenvalue weighted by Gasteiger charge is -2.39. The van der Waals surface area contributed by atoms with Crippen LogP contribution in [0.1, 0.15) is 65.7 Å². The molecule has 0 radical (unpaired) electrons. The highest BCUT2D eigenvalue weighted by atomic mass is 16.3. The van der Waals surface area contributed by atoms with Gasteiger partial charge in [-0.05, 0) is 55.3 Å². The van der Waals surface area contributed by atoms with E-state index in [1.807, 2.05) is 0 Å². The van der Waals surface area contributed by atoms with Gasteiger partial charge in [0.05, 0.1) is 6.10 Å². The van der Waals surface area contributed by atoms with Gasteiger partial charge in [0.1, 0.15) is 0 Å². The fourth-order valence-corrected chi connectivity index (χ4v) is 4.08. The van der Waals surface area contributed by atoms with Crippen molar-refractivity contribution in [3.8, 4) is 0 Å². The van der Waals surface area contributed by atoms with Crippen molar-refractivity contribution in [2.75, 3.05) is 0 Å². The van der Waals surface area contributed by atoms with E-state index in [4.69, 9.17) is 0 Å². The Morgan fingerprint density at radius 1 is 0.824 bits per heavy atom. The van der Waals surface area contributed by atoms with Crippen LogP contribution in [0.5, 0.6) is 0 Å². The fraction of sp³-hybridized carbons (Fsp3) is 1.00. The fourth-order valence-electron chi connectivity index (χ4n) is 4.08. The summed E-state index contributed by atoms with van der Waals surface area (Å²) in [6, 6.07) is 0. The van der Waals surface area contributed by atoms with E-state index < -0.39 is 0 Å². The summed E-state index contributed by atoms with van der Waals surface area (Å²) in [5, 5.41) is 10.6. The Bertz CT molecular complexity index is 238. The van der Waals surface area contributed by atoms with Gasteiger partial charge in [0, 0.05) is 0 Å². The summed E-state index contributed by atoms with van der Waals surface area (Å²) in [4.78, 5) is 0. The Morgan fingerprint density at radius 3 is 2.18 bits per heavy atom. The molecule has 2 fully saturated rings. The molecule has 0 aromatic carbocycles. The van der Waals surface area contributed by atoms with E-state index in [0.717, 1.165) is 17.8 Å². The quantitative estimate of drug-likeness (QED) is 0.762. The molecule has 6 unspecified atom stereocenters. The molecule has 0 aromatic heterocycles. The van der Waals surface area contributed by atoms with Crippen LogP contribution >= 0.6 is 0 Å². The molecular formula is C16H30O. The molecule has 2 rings (SSSR count). The third kappa shape index (κ3) is 3.24. The van der Waals surface area contributed by atoms with Crippen LogP contribution < -0.4 is 0 Å². The van der Waals surface area contributed by atoms with Gasteiger partial charge in [-0.3, -0.25) is 0 Å². The maximum absolute atomic E-state index is 10.6. The maximum atomic E-state index is 10.6. The smallest absolute Gasteiger partial charge is 0.0596 e. The Hall–Kier alpha value is -0.0400. The highest BCUT2D eigenvalue weighted by Crippen LogP contribution is 2.40. The van der Waals surface area contributed by atoms with E-state index >= 15 is 0 Å². The van der Waals surface area contributed by atoms with E-state index in [1.165, 1.54) is 44.9 Å². The normalized spacial score (nSPS) is 45.5. The molecule has 0 saturated heterocycles. The van der Waals surface area contributed by atoms with Crippen LogP contribution in [0.2, 0.25) is 0 Å². The maximum Gasteiger partial charge on any atom is 0.0596 e. The van der Waals surface area contributed by atoms with Crippen molar-refractivity contribution >= 4 is 0 Å². The first kappa shape index (κ1) is 13.4. The number of aliphatic hydroxyl groups is 1. The minimum absolute atomic E-state index is 0.00676. The van der Waals surface area contributed by atoms with Crippen molar-refractivity contribution in [2.45, 2.75) is 71.8 Å². The molecule has 0 amide bonds. The van der Waals surface area contributed by atoms with Gasteiger partial charge < -0.3 is 5.11 Å². The van der Waals surface area contributed by atoms with E-state index in [1.54, 1.807) is 0 Å². The summed E-state index contributed by atoms with van der Waals surface area (Å²) in [6.45, 7) is 7.09. The lowest BCUT2D eigenvalue weighted by molar-refractivity contribution is -0.00468. The predicted molar refractivity (Wildman–Crippen MR) is 72.8 cm³/mol. The Kier molecular flexibility index (Phi) is 4.52. The molecule has 2 saturated carbocycles. The molecule has 2 aliphatic rings. The lowest BCUT2D eigenvalue weighted by Crippen LogP contribution is -2.36. The zero-order valence-electron chi connectivity index (χ0n) is 11.9. The predicted octanol–water partition coefficient (Wildman–Crippen LogP) is 4.25. The van der Waals surface area contributed by atoms with Crippen LogP contribution in [0, 0.1) is 29.6 Å². The summed E-state index contributed by atoms with van der Waals surface area (Å²) in [5.41, 5.74) is 0. The molecule has 6 atom stereocenters. The van der Waals surface area contributed by atoms with Gasteiger partial charge in [-0.1, -0.05) is 40.0 Å². The van der Waals surface area contributed by atoms with Gasteiger partial charge in [0.25, 0.3) is 0 Å². The molecule has 0 aromatic rings. The van der Waals surface area contributed by atoms with Gasteiger partial charge in [0.2, 0.25) is 0 Å². The molecule has 1 nitrogen and oxygen atoms in total. The van der Waals surface area contributed by atoms with Crippen molar-refractivity contribution in [2.24, 2.45) is 29.6 Å². The summed E-state index contributed by atoms with van der Waals surface area (Å²) in [5.74, 6) is 3.71. The summed E-state index contributed by atoms with van der Waals surface area (Å²) in [6.07, 6.45) is 9.08. The minimum Gasteiger partial charge on any atom is -0.393 e. The summed E-state index contributed by atoms with van der Waals surface area (Å²) >= 11 is 0. The van der Waals surface area contributed by atoms with Gasteiger partial charge in [0.15, 0.2) is 0 Å². The first-order valence-electron chi connectivity index (χ1n) is 7.76. The zero-order chi connectivity index (χ0) is 12.4.